The third-order valence-corrected chi connectivity index (χ3v) is 6.47. The van der Waals surface area contributed by atoms with Gasteiger partial charge in [0.2, 0.25) is 0 Å². The predicted octanol–water partition coefficient (Wildman–Crippen LogP) is 1.57. The Bertz CT molecular complexity index is 716. The molecule has 2 unspecified atom stereocenters. The Morgan fingerprint density at radius 2 is 1.97 bits per heavy atom. The summed E-state index contributed by atoms with van der Waals surface area (Å²) < 4.78 is 11.9. The molecule has 31 heavy (non-hydrogen) atoms. The number of piperazine rings is 1. The Morgan fingerprint density at radius 1 is 1.13 bits per heavy atom. The lowest BCUT2D eigenvalue weighted by Crippen LogP contribution is -2.53. The molecule has 0 saturated carbocycles. The monoisotopic (exact) mass is 430 g/mol. The normalized spacial score (nSPS) is 25.8. The van der Waals surface area contributed by atoms with Gasteiger partial charge in [-0.05, 0) is 44.0 Å². The highest BCUT2D eigenvalue weighted by Crippen LogP contribution is 2.21. The van der Waals surface area contributed by atoms with Crippen molar-refractivity contribution < 1.29 is 9.47 Å². The Hall–Kier alpha value is -1.90. The molecule has 1 aromatic heterocycles. The van der Waals surface area contributed by atoms with Gasteiger partial charge >= 0.3 is 0 Å². The molecule has 3 aliphatic rings. The molecule has 0 amide bonds. The Morgan fingerprint density at radius 3 is 2.71 bits per heavy atom. The summed E-state index contributed by atoms with van der Waals surface area (Å²) in [5.41, 5.74) is 1.20. The van der Waals surface area contributed by atoms with Gasteiger partial charge in [-0.15, -0.1) is 0 Å². The lowest BCUT2D eigenvalue weighted by atomic mass is 10.1. The number of pyridine rings is 1. The number of nitrogens with zero attached hydrogens (tertiary/aromatic N) is 5. The summed E-state index contributed by atoms with van der Waals surface area (Å²) in [4.78, 5) is 16.8. The number of rotatable bonds is 6. The minimum atomic E-state index is 0.134. The van der Waals surface area contributed by atoms with Crippen molar-refractivity contribution in [1.82, 2.24) is 20.1 Å². The Labute approximate surface area is 186 Å². The highest BCUT2D eigenvalue weighted by Gasteiger charge is 2.32. The first-order chi connectivity index (χ1) is 15.3. The highest BCUT2D eigenvalue weighted by atomic mass is 16.5. The summed E-state index contributed by atoms with van der Waals surface area (Å²) in [7, 11) is 0. The lowest BCUT2D eigenvalue weighted by Gasteiger charge is -2.37. The molecule has 0 aromatic carbocycles. The van der Waals surface area contributed by atoms with E-state index in [1.807, 2.05) is 6.20 Å². The van der Waals surface area contributed by atoms with Gasteiger partial charge in [0.25, 0.3) is 0 Å². The van der Waals surface area contributed by atoms with Crippen molar-refractivity contribution in [1.29, 1.82) is 0 Å². The van der Waals surface area contributed by atoms with Gasteiger partial charge in [-0.2, -0.15) is 0 Å². The number of anilines is 1. The maximum absolute atomic E-state index is 6.02. The zero-order chi connectivity index (χ0) is 21.5. The van der Waals surface area contributed by atoms with Crippen molar-refractivity contribution in [2.75, 3.05) is 70.5 Å². The van der Waals surface area contributed by atoms with E-state index in [0.717, 1.165) is 90.2 Å². The molecular weight excluding hydrogens is 392 g/mol. The van der Waals surface area contributed by atoms with Crippen LogP contribution in [0.4, 0.5) is 5.82 Å². The number of guanidine groups is 1. The van der Waals surface area contributed by atoms with E-state index in [9.17, 15) is 0 Å². The van der Waals surface area contributed by atoms with Crippen LogP contribution < -0.4 is 10.2 Å². The number of aromatic nitrogens is 1. The van der Waals surface area contributed by atoms with Gasteiger partial charge in [0.1, 0.15) is 11.9 Å². The second-order valence-electron chi connectivity index (χ2n) is 8.52. The molecule has 2 atom stereocenters. The van der Waals surface area contributed by atoms with E-state index in [-0.39, 0.29) is 12.2 Å². The average Bonchev–Trinajstić information content (AvgIpc) is 3.37. The van der Waals surface area contributed by atoms with Crippen molar-refractivity contribution in [3.63, 3.8) is 0 Å². The summed E-state index contributed by atoms with van der Waals surface area (Å²) in [6.45, 7) is 14.5. The Kier molecular flexibility index (Phi) is 7.99. The van der Waals surface area contributed by atoms with Gasteiger partial charge in [0.15, 0.2) is 5.96 Å². The number of hydrogen-bond acceptors (Lipinski definition) is 6. The van der Waals surface area contributed by atoms with Crippen molar-refractivity contribution in [3.8, 4) is 0 Å². The molecule has 4 heterocycles. The number of nitrogens with one attached hydrogen (secondary N) is 1. The molecule has 3 aliphatic heterocycles. The fourth-order valence-electron chi connectivity index (χ4n) is 4.61. The first-order valence-corrected chi connectivity index (χ1v) is 12.0. The molecule has 3 saturated heterocycles. The molecule has 0 radical (unpaired) electrons. The highest BCUT2D eigenvalue weighted by molar-refractivity contribution is 5.80. The van der Waals surface area contributed by atoms with Gasteiger partial charge in [-0.25, -0.2) is 9.98 Å². The van der Waals surface area contributed by atoms with E-state index in [1.165, 1.54) is 5.56 Å². The van der Waals surface area contributed by atoms with Gasteiger partial charge in [-0.3, -0.25) is 0 Å². The smallest absolute Gasteiger partial charge is 0.194 e. The SMILES string of the molecule is CCNC(=NCc1ccnc(N2CCN(CC)CC2)c1)N1CCOC(C2CCCO2)C1. The summed E-state index contributed by atoms with van der Waals surface area (Å²) >= 11 is 0. The first-order valence-electron chi connectivity index (χ1n) is 12.0. The number of likely N-dealkylation sites (N-methyl/N-ethyl adjacent to an activating group) is 1. The zero-order valence-electron chi connectivity index (χ0n) is 19.1. The van der Waals surface area contributed by atoms with Crippen LogP contribution in [-0.4, -0.2) is 98.5 Å². The van der Waals surface area contributed by atoms with E-state index in [2.05, 4.69) is 51.0 Å². The van der Waals surface area contributed by atoms with E-state index in [1.54, 1.807) is 0 Å². The average molecular weight is 431 g/mol. The fourth-order valence-corrected chi connectivity index (χ4v) is 4.61. The number of aliphatic imine (C=N–C) groups is 1. The van der Waals surface area contributed by atoms with Crippen molar-refractivity contribution in [3.05, 3.63) is 23.9 Å². The Balaban J connectivity index is 1.39. The molecule has 3 fully saturated rings. The number of hydrogen-bond donors (Lipinski definition) is 1. The third-order valence-electron chi connectivity index (χ3n) is 6.47. The number of ether oxygens (including phenoxy) is 2. The summed E-state index contributed by atoms with van der Waals surface area (Å²) in [5, 5.41) is 3.47. The summed E-state index contributed by atoms with van der Waals surface area (Å²) in [6.07, 6.45) is 4.51. The van der Waals surface area contributed by atoms with Crippen molar-refractivity contribution in [2.45, 2.75) is 45.4 Å². The van der Waals surface area contributed by atoms with Crippen LogP contribution in [0.2, 0.25) is 0 Å². The van der Waals surface area contributed by atoms with Crippen LogP contribution in [0.25, 0.3) is 0 Å². The van der Waals surface area contributed by atoms with Crippen LogP contribution in [-0.2, 0) is 16.0 Å². The minimum absolute atomic E-state index is 0.134. The van der Waals surface area contributed by atoms with E-state index < -0.39 is 0 Å². The molecule has 1 aromatic rings. The molecule has 8 heteroatoms. The van der Waals surface area contributed by atoms with E-state index >= 15 is 0 Å². The van der Waals surface area contributed by atoms with E-state index in [4.69, 9.17) is 14.5 Å². The molecule has 0 bridgehead atoms. The minimum Gasteiger partial charge on any atom is -0.375 e. The maximum atomic E-state index is 6.02. The largest absolute Gasteiger partial charge is 0.375 e. The van der Waals surface area contributed by atoms with Gasteiger partial charge in [-0.1, -0.05) is 6.92 Å². The van der Waals surface area contributed by atoms with Gasteiger partial charge in [0.05, 0.1) is 19.3 Å². The van der Waals surface area contributed by atoms with E-state index in [0.29, 0.717) is 6.54 Å². The van der Waals surface area contributed by atoms with Crippen LogP contribution in [0.15, 0.2) is 23.3 Å². The third kappa shape index (κ3) is 5.87. The summed E-state index contributed by atoms with van der Waals surface area (Å²) in [6, 6.07) is 4.27. The van der Waals surface area contributed by atoms with Crippen LogP contribution >= 0.6 is 0 Å². The molecule has 4 rings (SSSR count). The molecule has 0 spiro atoms. The molecule has 8 nitrogen and oxygen atoms in total. The van der Waals surface area contributed by atoms with Crippen LogP contribution in [0.5, 0.6) is 0 Å². The van der Waals surface area contributed by atoms with Gasteiger partial charge in [0, 0.05) is 58.6 Å². The molecule has 1 N–H and O–H groups in total. The standard InChI is InChI=1S/C23H38N6O2/c1-3-24-23(29-13-15-31-21(18-29)20-6-5-14-30-20)26-17-19-7-8-25-22(16-19)28-11-9-27(4-2)10-12-28/h7-8,16,20-21H,3-6,9-15,17-18H2,1-2H3,(H,24,26). The lowest BCUT2D eigenvalue weighted by molar-refractivity contribution is -0.0817. The fraction of sp³-hybridized carbons (Fsp3) is 0.739. The van der Waals surface area contributed by atoms with Crippen LogP contribution in [0.1, 0.15) is 32.3 Å². The number of morpholine rings is 1. The van der Waals surface area contributed by atoms with Crippen LogP contribution in [0, 0.1) is 0 Å². The quantitative estimate of drug-likeness (QED) is 0.543. The topological polar surface area (TPSA) is 65.5 Å². The second-order valence-corrected chi connectivity index (χ2v) is 8.52. The molecular formula is C23H38N6O2. The molecule has 172 valence electrons. The van der Waals surface area contributed by atoms with Crippen LogP contribution in [0.3, 0.4) is 0 Å². The van der Waals surface area contributed by atoms with Gasteiger partial charge < -0.3 is 29.5 Å². The van der Waals surface area contributed by atoms with Crippen molar-refractivity contribution >= 4 is 11.8 Å². The second kappa shape index (κ2) is 11.1. The summed E-state index contributed by atoms with van der Waals surface area (Å²) in [5.74, 6) is 2.03. The first kappa shape index (κ1) is 22.3. The van der Waals surface area contributed by atoms with Crippen molar-refractivity contribution in [2.24, 2.45) is 4.99 Å². The maximum Gasteiger partial charge on any atom is 0.194 e. The zero-order valence-corrected chi connectivity index (χ0v) is 19.1. The molecule has 0 aliphatic carbocycles. The predicted molar refractivity (Wildman–Crippen MR) is 124 cm³/mol.